The number of hydrogen-bond donors (Lipinski definition) is 2. The van der Waals surface area contributed by atoms with E-state index in [0.29, 0.717) is 5.56 Å². The fourth-order valence-corrected chi connectivity index (χ4v) is 1.27. The molecule has 0 aromatic heterocycles. The van der Waals surface area contributed by atoms with E-state index in [2.05, 4.69) is 0 Å². The van der Waals surface area contributed by atoms with Gasteiger partial charge in [0.1, 0.15) is 18.2 Å². The van der Waals surface area contributed by atoms with Crippen molar-refractivity contribution < 1.29 is 27.4 Å². The summed E-state index contributed by atoms with van der Waals surface area (Å²) in [4.78, 5) is 0. The Labute approximate surface area is 101 Å². The minimum absolute atomic E-state index is 0.103. The molecule has 102 valence electrons. The van der Waals surface area contributed by atoms with Gasteiger partial charge in [0.25, 0.3) is 0 Å². The van der Waals surface area contributed by atoms with E-state index in [1.165, 1.54) is 6.07 Å². The average molecular weight is 267 g/mol. The molecule has 3 nitrogen and oxygen atoms in total. The first-order valence-corrected chi connectivity index (χ1v) is 5.14. The summed E-state index contributed by atoms with van der Waals surface area (Å²) in [6.07, 6.45) is -7.40. The van der Waals surface area contributed by atoms with E-state index in [1.807, 2.05) is 0 Å². The summed E-state index contributed by atoms with van der Waals surface area (Å²) in [6.45, 7) is 0.576. The fraction of sp³-hybridized carbons (Fsp3) is 0.455. The van der Waals surface area contributed by atoms with E-state index in [1.54, 1.807) is 6.92 Å². The molecule has 1 rings (SSSR count). The fourth-order valence-electron chi connectivity index (χ4n) is 1.27. The first kappa shape index (κ1) is 14.7. The predicted molar refractivity (Wildman–Crippen MR) is 56.6 cm³/mol. The monoisotopic (exact) mass is 267 g/mol. The van der Waals surface area contributed by atoms with Gasteiger partial charge in [-0.05, 0) is 13.0 Å². The minimum Gasteiger partial charge on any atom is -0.490 e. The molecule has 0 bridgehead atoms. The molecule has 0 spiro atoms. The van der Waals surface area contributed by atoms with Crippen molar-refractivity contribution in [2.24, 2.45) is 5.73 Å². The molecule has 0 saturated heterocycles. The lowest BCUT2D eigenvalue weighted by molar-refractivity contribution is -0.210. The zero-order chi connectivity index (χ0) is 13.9. The molecule has 0 aliphatic carbocycles. The van der Waals surface area contributed by atoms with Crippen LogP contribution in [0.4, 0.5) is 17.6 Å². The molecule has 1 aromatic carbocycles. The highest BCUT2D eigenvalue weighted by molar-refractivity contribution is 5.36. The third-order valence-corrected chi connectivity index (χ3v) is 2.24. The van der Waals surface area contributed by atoms with Gasteiger partial charge in [-0.2, -0.15) is 13.2 Å². The molecule has 0 fully saturated rings. The van der Waals surface area contributed by atoms with Crippen molar-refractivity contribution in [2.45, 2.75) is 25.2 Å². The number of aliphatic hydroxyl groups is 1. The Balaban J connectivity index is 2.81. The molecule has 0 radical (unpaired) electrons. The lowest BCUT2D eigenvalue weighted by Crippen LogP contribution is -2.34. The quantitative estimate of drug-likeness (QED) is 0.822. The van der Waals surface area contributed by atoms with Gasteiger partial charge >= 0.3 is 6.18 Å². The molecule has 0 heterocycles. The van der Waals surface area contributed by atoms with Crippen molar-refractivity contribution in [3.8, 4) is 5.75 Å². The number of halogens is 4. The van der Waals surface area contributed by atoms with Crippen LogP contribution in [0.2, 0.25) is 0 Å². The molecular weight excluding hydrogens is 254 g/mol. The summed E-state index contributed by atoms with van der Waals surface area (Å²) >= 11 is 0. The standard InChI is InChI=1S/C11H13F4NO2/c1-6(16)8-3-2-7(12)4-9(8)18-5-10(17)11(13,14)15/h2-4,6,10,17H,5,16H2,1H3. The van der Waals surface area contributed by atoms with E-state index in [0.717, 1.165) is 12.1 Å². The summed E-state index contributed by atoms with van der Waals surface area (Å²) in [7, 11) is 0. The molecule has 0 aliphatic rings. The Bertz CT molecular complexity index is 407. The predicted octanol–water partition coefficient (Wildman–Crippen LogP) is 2.15. The summed E-state index contributed by atoms with van der Waals surface area (Å²) in [5, 5.41) is 8.77. The third kappa shape index (κ3) is 3.85. The molecule has 2 unspecified atom stereocenters. The summed E-state index contributed by atoms with van der Waals surface area (Å²) in [5.41, 5.74) is 5.94. The van der Waals surface area contributed by atoms with Gasteiger partial charge < -0.3 is 15.6 Å². The molecule has 2 atom stereocenters. The first-order chi connectivity index (χ1) is 8.21. The Morgan fingerprint density at radius 3 is 2.50 bits per heavy atom. The van der Waals surface area contributed by atoms with Crippen LogP contribution < -0.4 is 10.5 Å². The molecule has 0 amide bonds. The summed E-state index contributed by atoms with van der Waals surface area (Å²) in [5.74, 6) is -0.760. The molecule has 3 N–H and O–H groups in total. The number of hydrogen-bond acceptors (Lipinski definition) is 3. The van der Waals surface area contributed by atoms with Gasteiger partial charge in [-0.25, -0.2) is 4.39 Å². The largest absolute Gasteiger partial charge is 0.490 e. The van der Waals surface area contributed by atoms with Crippen LogP contribution in [-0.4, -0.2) is 24.0 Å². The number of nitrogens with two attached hydrogens (primary N) is 1. The molecule has 18 heavy (non-hydrogen) atoms. The van der Waals surface area contributed by atoms with E-state index >= 15 is 0 Å². The molecule has 1 aromatic rings. The number of benzene rings is 1. The molecule has 7 heteroatoms. The lowest BCUT2D eigenvalue weighted by atomic mass is 10.1. The SMILES string of the molecule is CC(N)c1ccc(F)cc1OCC(O)C(F)(F)F. The summed E-state index contributed by atoms with van der Waals surface area (Å²) in [6, 6.07) is 2.87. The van der Waals surface area contributed by atoms with Gasteiger partial charge in [-0.15, -0.1) is 0 Å². The van der Waals surface area contributed by atoms with Crippen molar-refractivity contribution in [1.29, 1.82) is 0 Å². The van der Waals surface area contributed by atoms with Crippen LogP contribution >= 0.6 is 0 Å². The van der Waals surface area contributed by atoms with E-state index < -0.39 is 30.7 Å². The highest BCUT2D eigenvalue weighted by Crippen LogP contribution is 2.26. The van der Waals surface area contributed by atoms with Gasteiger partial charge in [0, 0.05) is 17.7 Å². The van der Waals surface area contributed by atoms with Crippen molar-refractivity contribution in [3.05, 3.63) is 29.6 Å². The zero-order valence-electron chi connectivity index (χ0n) is 9.54. The molecular formula is C11H13F4NO2. The first-order valence-electron chi connectivity index (χ1n) is 5.14. The second kappa shape index (κ2) is 5.53. The van der Waals surface area contributed by atoms with Crippen molar-refractivity contribution >= 4 is 0 Å². The van der Waals surface area contributed by atoms with E-state index in [9.17, 15) is 17.6 Å². The number of rotatable bonds is 4. The van der Waals surface area contributed by atoms with Crippen molar-refractivity contribution in [1.82, 2.24) is 0 Å². The van der Waals surface area contributed by atoms with E-state index in [4.69, 9.17) is 15.6 Å². The Kier molecular flexibility index (Phi) is 4.53. The second-order valence-electron chi connectivity index (χ2n) is 3.84. The second-order valence-corrected chi connectivity index (χ2v) is 3.84. The lowest BCUT2D eigenvalue weighted by Gasteiger charge is -2.18. The van der Waals surface area contributed by atoms with Gasteiger partial charge in [0.2, 0.25) is 0 Å². The van der Waals surface area contributed by atoms with Gasteiger partial charge in [-0.3, -0.25) is 0 Å². The van der Waals surface area contributed by atoms with Crippen LogP contribution in [0.15, 0.2) is 18.2 Å². The maximum absolute atomic E-state index is 13.0. The highest BCUT2D eigenvalue weighted by atomic mass is 19.4. The number of ether oxygens (including phenoxy) is 1. The van der Waals surface area contributed by atoms with Crippen molar-refractivity contribution in [3.63, 3.8) is 0 Å². The molecule has 0 saturated carbocycles. The minimum atomic E-state index is -4.78. The normalized spacial score (nSPS) is 15.3. The summed E-state index contributed by atoms with van der Waals surface area (Å²) < 4.78 is 53.9. The topological polar surface area (TPSA) is 55.5 Å². The maximum Gasteiger partial charge on any atom is 0.417 e. The maximum atomic E-state index is 13.0. The average Bonchev–Trinajstić information content (AvgIpc) is 2.24. The van der Waals surface area contributed by atoms with Crippen LogP contribution in [0.25, 0.3) is 0 Å². The molecule has 0 aliphatic heterocycles. The van der Waals surface area contributed by atoms with Crippen LogP contribution in [0.5, 0.6) is 5.75 Å². The van der Waals surface area contributed by atoms with Crippen molar-refractivity contribution in [2.75, 3.05) is 6.61 Å². The van der Waals surface area contributed by atoms with Crippen LogP contribution in [0.3, 0.4) is 0 Å². The Morgan fingerprint density at radius 1 is 1.39 bits per heavy atom. The van der Waals surface area contributed by atoms with Gasteiger partial charge in [-0.1, -0.05) is 6.07 Å². The van der Waals surface area contributed by atoms with Crippen LogP contribution in [0.1, 0.15) is 18.5 Å². The van der Waals surface area contributed by atoms with Crippen LogP contribution in [0, 0.1) is 5.82 Å². The van der Waals surface area contributed by atoms with Gasteiger partial charge in [0.15, 0.2) is 6.10 Å². The van der Waals surface area contributed by atoms with Gasteiger partial charge in [0.05, 0.1) is 0 Å². The number of alkyl halides is 3. The van der Waals surface area contributed by atoms with E-state index in [-0.39, 0.29) is 5.75 Å². The third-order valence-electron chi connectivity index (χ3n) is 2.24. The zero-order valence-corrected chi connectivity index (χ0v) is 9.54. The highest BCUT2D eigenvalue weighted by Gasteiger charge is 2.38. The van der Waals surface area contributed by atoms with Crippen LogP contribution in [-0.2, 0) is 0 Å². The Hall–Kier alpha value is -1.34. The number of aliphatic hydroxyl groups excluding tert-OH is 1. The Morgan fingerprint density at radius 2 is 2.00 bits per heavy atom. The smallest absolute Gasteiger partial charge is 0.417 e.